The lowest BCUT2D eigenvalue weighted by Crippen LogP contribution is -2.25. The number of benzene rings is 1. The van der Waals surface area contributed by atoms with Crippen LogP contribution < -0.4 is 5.32 Å². The number of aliphatic carboxylic acids is 1. The Kier molecular flexibility index (Phi) is 3.34. The first-order valence-corrected chi connectivity index (χ1v) is 4.47. The topological polar surface area (TPSA) is 107 Å². The lowest BCUT2D eigenvalue weighted by molar-refractivity contribution is -0.137. The van der Waals surface area contributed by atoms with Crippen LogP contribution in [-0.4, -0.2) is 33.3 Å². The highest BCUT2D eigenvalue weighted by Gasteiger charge is 2.13. The van der Waals surface area contributed by atoms with Crippen molar-refractivity contribution in [2.24, 2.45) is 0 Å². The number of aromatic carboxylic acids is 1. The van der Waals surface area contributed by atoms with Crippen LogP contribution in [0.3, 0.4) is 0 Å². The van der Waals surface area contributed by atoms with E-state index in [4.69, 9.17) is 10.2 Å². The zero-order chi connectivity index (χ0) is 12.3. The van der Waals surface area contributed by atoms with Gasteiger partial charge in [-0.2, -0.15) is 0 Å². The fourth-order valence-electron chi connectivity index (χ4n) is 1.11. The van der Waals surface area contributed by atoms with Gasteiger partial charge in [0.2, 0.25) is 0 Å². The van der Waals surface area contributed by atoms with Crippen LogP contribution in [0.15, 0.2) is 18.2 Å². The van der Waals surface area contributed by atoms with E-state index in [1.807, 2.05) is 0 Å². The molecule has 0 aromatic heterocycles. The number of rotatable bonds is 4. The minimum absolute atomic E-state index is 0.275. The summed E-state index contributed by atoms with van der Waals surface area (Å²) in [6.07, 6.45) is 0. The summed E-state index contributed by atoms with van der Waals surface area (Å²) in [7, 11) is 0. The number of hydrogen-bond donors (Lipinski definition) is 4. The number of hydrogen-bond acceptors (Lipinski definition) is 4. The van der Waals surface area contributed by atoms with Crippen molar-refractivity contribution in [1.82, 2.24) is 0 Å². The van der Waals surface area contributed by atoms with Crippen molar-refractivity contribution >= 4 is 17.6 Å². The second-order valence-electron chi connectivity index (χ2n) is 3.24. The number of phenols is 1. The maximum Gasteiger partial charge on any atom is 0.339 e. The Morgan fingerprint density at radius 1 is 1.31 bits per heavy atom. The largest absolute Gasteiger partial charge is 0.507 e. The summed E-state index contributed by atoms with van der Waals surface area (Å²) in [6.45, 7) is 1.43. The number of carboxylic acid groups (broad SMARTS) is 2. The van der Waals surface area contributed by atoms with Gasteiger partial charge in [-0.1, -0.05) is 0 Å². The third-order valence-electron chi connectivity index (χ3n) is 1.98. The molecule has 6 heteroatoms. The number of anilines is 1. The Bertz CT molecular complexity index is 429. The van der Waals surface area contributed by atoms with Crippen LogP contribution >= 0.6 is 0 Å². The van der Waals surface area contributed by atoms with Gasteiger partial charge in [0.1, 0.15) is 17.4 Å². The third kappa shape index (κ3) is 2.63. The lowest BCUT2D eigenvalue weighted by atomic mass is 10.1. The van der Waals surface area contributed by atoms with E-state index in [1.165, 1.54) is 25.1 Å². The van der Waals surface area contributed by atoms with E-state index in [1.54, 1.807) is 0 Å². The van der Waals surface area contributed by atoms with Crippen LogP contribution in [0, 0.1) is 0 Å². The smallest absolute Gasteiger partial charge is 0.339 e. The predicted octanol–water partition coefficient (Wildman–Crippen LogP) is 0.975. The number of carboxylic acids is 2. The molecule has 0 fully saturated rings. The first-order valence-electron chi connectivity index (χ1n) is 4.47. The summed E-state index contributed by atoms with van der Waals surface area (Å²) in [5.74, 6) is -2.69. The lowest BCUT2D eigenvalue weighted by Gasteiger charge is -2.11. The van der Waals surface area contributed by atoms with Crippen molar-refractivity contribution in [3.63, 3.8) is 0 Å². The van der Waals surface area contributed by atoms with Crippen molar-refractivity contribution in [1.29, 1.82) is 0 Å². The summed E-state index contributed by atoms with van der Waals surface area (Å²) in [5.41, 5.74) is 0.0488. The Hall–Kier alpha value is -2.24. The number of aromatic hydroxyl groups is 1. The summed E-state index contributed by atoms with van der Waals surface area (Å²) in [5, 5.41) is 29.2. The molecule has 1 aromatic carbocycles. The minimum atomic E-state index is -1.27. The first kappa shape index (κ1) is 11.8. The molecule has 0 bridgehead atoms. The van der Waals surface area contributed by atoms with Gasteiger partial charge < -0.3 is 20.6 Å². The fraction of sp³-hybridized carbons (Fsp3) is 0.200. The molecule has 0 aliphatic rings. The molecule has 0 amide bonds. The Labute approximate surface area is 91.1 Å². The molecule has 0 saturated heterocycles. The monoisotopic (exact) mass is 225 g/mol. The molecule has 1 aromatic rings. The molecule has 0 heterocycles. The second-order valence-corrected chi connectivity index (χ2v) is 3.24. The fourth-order valence-corrected chi connectivity index (χ4v) is 1.11. The van der Waals surface area contributed by atoms with Crippen molar-refractivity contribution in [2.75, 3.05) is 5.32 Å². The molecule has 0 spiro atoms. The van der Waals surface area contributed by atoms with Gasteiger partial charge in [-0.15, -0.1) is 0 Å². The Balaban J connectivity index is 2.95. The normalized spacial score (nSPS) is 11.8. The van der Waals surface area contributed by atoms with Crippen molar-refractivity contribution in [2.45, 2.75) is 13.0 Å². The third-order valence-corrected chi connectivity index (χ3v) is 1.98. The molecule has 86 valence electrons. The number of nitrogens with one attached hydrogen (secondary N) is 1. The van der Waals surface area contributed by atoms with Crippen LogP contribution in [0.5, 0.6) is 5.75 Å². The van der Waals surface area contributed by atoms with Gasteiger partial charge >= 0.3 is 11.9 Å². The highest BCUT2D eigenvalue weighted by Crippen LogP contribution is 2.21. The zero-order valence-corrected chi connectivity index (χ0v) is 8.47. The highest BCUT2D eigenvalue weighted by atomic mass is 16.4. The summed E-state index contributed by atoms with van der Waals surface area (Å²) < 4.78 is 0. The van der Waals surface area contributed by atoms with Gasteiger partial charge in [-0.25, -0.2) is 4.79 Å². The molecule has 16 heavy (non-hydrogen) atoms. The second kappa shape index (κ2) is 4.52. The van der Waals surface area contributed by atoms with Crippen LogP contribution in [0.1, 0.15) is 17.3 Å². The average molecular weight is 225 g/mol. The molecular formula is C10H11NO5. The quantitative estimate of drug-likeness (QED) is 0.569. The summed E-state index contributed by atoms with van der Waals surface area (Å²) in [6, 6.07) is 2.93. The highest BCUT2D eigenvalue weighted by molar-refractivity contribution is 5.92. The molecule has 0 saturated carbocycles. The maximum atomic E-state index is 10.7. The Morgan fingerprint density at radius 2 is 1.94 bits per heavy atom. The molecule has 0 aliphatic carbocycles. The molecule has 1 rings (SSSR count). The van der Waals surface area contributed by atoms with E-state index in [0.717, 1.165) is 0 Å². The van der Waals surface area contributed by atoms with Crippen LogP contribution in [0.25, 0.3) is 0 Å². The van der Waals surface area contributed by atoms with Crippen LogP contribution in [0.2, 0.25) is 0 Å². The van der Waals surface area contributed by atoms with Crippen LogP contribution in [-0.2, 0) is 4.79 Å². The van der Waals surface area contributed by atoms with Gasteiger partial charge in [-0.3, -0.25) is 4.79 Å². The zero-order valence-electron chi connectivity index (χ0n) is 8.47. The van der Waals surface area contributed by atoms with Crippen molar-refractivity contribution in [3.8, 4) is 5.75 Å². The van der Waals surface area contributed by atoms with Gasteiger partial charge in [-0.05, 0) is 25.1 Å². The molecule has 4 N–H and O–H groups in total. The molecule has 0 radical (unpaired) electrons. The van der Waals surface area contributed by atoms with E-state index in [-0.39, 0.29) is 11.3 Å². The maximum absolute atomic E-state index is 10.7. The standard InChI is InChI=1S/C10H11NO5/c1-5(9(13)14)11-6-2-3-8(12)7(4-6)10(15)16/h2-5,11-12H,1H3,(H,13,14)(H,15,16). The predicted molar refractivity (Wildman–Crippen MR) is 55.8 cm³/mol. The summed E-state index contributed by atoms with van der Waals surface area (Å²) >= 11 is 0. The molecule has 1 unspecified atom stereocenters. The average Bonchev–Trinajstić information content (AvgIpc) is 2.20. The van der Waals surface area contributed by atoms with E-state index >= 15 is 0 Å². The van der Waals surface area contributed by atoms with Gasteiger partial charge in [0, 0.05) is 5.69 Å². The van der Waals surface area contributed by atoms with E-state index < -0.39 is 18.0 Å². The SMILES string of the molecule is CC(Nc1ccc(O)c(C(=O)O)c1)C(=O)O. The molecule has 0 aliphatic heterocycles. The van der Waals surface area contributed by atoms with Gasteiger partial charge in [0.25, 0.3) is 0 Å². The van der Waals surface area contributed by atoms with Gasteiger partial charge in [0.15, 0.2) is 0 Å². The van der Waals surface area contributed by atoms with Crippen LogP contribution in [0.4, 0.5) is 5.69 Å². The van der Waals surface area contributed by atoms with E-state index in [0.29, 0.717) is 5.69 Å². The summed E-state index contributed by atoms with van der Waals surface area (Å²) in [4.78, 5) is 21.3. The molecule has 6 nitrogen and oxygen atoms in total. The van der Waals surface area contributed by atoms with Crippen molar-refractivity contribution < 1.29 is 24.9 Å². The van der Waals surface area contributed by atoms with Crippen molar-refractivity contribution in [3.05, 3.63) is 23.8 Å². The molecular weight excluding hydrogens is 214 g/mol. The number of carbonyl (C=O) groups is 2. The van der Waals surface area contributed by atoms with E-state index in [9.17, 15) is 14.7 Å². The van der Waals surface area contributed by atoms with Gasteiger partial charge in [0.05, 0.1) is 0 Å². The Morgan fingerprint density at radius 3 is 2.44 bits per heavy atom. The van der Waals surface area contributed by atoms with E-state index in [2.05, 4.69) is 5.32 Å². The minimum Gasteiger partial charge on any atom is -0.507 e. The first-order chi connectivity index (χ1) is 7.41. The molecule has 1 atom stereocenters.